The Labute approximate surface area is 263 Å². The highest BCUT2D eigenvalue weighted by atomic mass is 15.0. The van der Waals surface area contributed by atoms with E-state index in [-0.39, 0.29) is 5.41 Å². The third-order valence-corrected chi connectivity index (χ3v) is 8.87. The van der Waals surface area contributed by atoms with Crippen LogP contribution in [-0.4, -0.2) is 19.9 Å². The van der Waals surface area contributed by atoms with E-state index in [1.807, 2.05) is 18.3 Å². The molecule has 0 spiro atoms. The van der Waals surface area contributed by atoms with Crippen molar-refractivity contribution in [1.82, 2.24) is 19.9 Å². The molecule has 4 nitrogen and oxygen atoms in total. The Morgan fingerprint density at radius 3 is 1.58 bits per heavy atom. The Morgan fingerprint density at radius 2 is 0.911 bits per heavy atom. The molecule has 0 amide bonds. The van der Waals surface area contributed by atoms with Gasteiger partial charge >= 0.3 is 0 Å². The van der Waals surface area contributed by atoms with Crippen molar-refractivity contribution in [2.75, 3.05) is 0 Å². The minimum atomic E-state index is -0.115. The summed E-state index contributed by atoms with van der Waals surface area (Å²) in [5, 5.41) is 0. The highest BCUT2D eigenvalue weighted by molar-refractivity contribution is 5.91. The van der Waals surface area contributed by atoms with Crippen LogP contribution in [-0.2, 0) is 5.41 Å². The number of hydrogen-bond donors (Lipinski definition) is 0. The molecule has 2 aromatic heterocycles. The number of fused-ring (bicyclic) bond motifs is 3. The Hall–Kier alpha value is -5.74. The predicted octanol–water partition coefficient (Wildman–Crippen LogP) is 9.91. The van der Waals surface area contributed by atoms with Crippen LogP contribution in [0, 0.1) is 0 Å². The van der Waals surface area contributed by atoms with Gasteiger partial charge in [-0.25, -0.2) is 15.0 Å². The maximum absolute atomic E-state index is 5.13. The van der Waals surface area contributed by atoms with Crippen LogP contribution in [0.15, 0.2) is 146 Å². The van der Waals surface area contributed by atoms with Crippen molar-refractivity contribution >= 4 is 0 Å². The molecule has 0 bridgehead atoms. The average molecular weight is 579 g/mol. The number of hydrogen-bond acceptors (Lipinski definition) is 4. The normalized spacial score (nSPS) is 12.8. The first-order valence-electron chi connectivity index (χ1n) is 15.2. The maximum Gasteiger partial charge on any atom is 0.164 e. The van der Waals surface area contributed by atoms with Gasteiger partial charge in [-0.2, -0.15) is 0 Å². The summed E-state index contributed by atoms with van der Waals surface area (Å²) in [5.41, 5.74) is 12.3. The van der Waals surface area contributed by atoms with E-state index in [1.54, 1.807) is 6.20 Å². The SMILES string of the molecule is CC1(C)c2ccccc2-c2c(-c3nc(-c4ccc(-c5ccccc5)cc4)nc(-c4ccc(-c5cccnc5)cc4)n3)cccc21. The van der Waals surface area contributed by atoms with Crippen molar-refractivity contribution in [2.24, 2.45) is 0 Å². The minimum Gasteiger partial charge on any atom is -0.264 e. The first kappa shape index (κ1) is 26.9. The zero-order valence-electron chi connectivity index (χ0n) is 25.1. The molecule has 0 radical (unpaired) electrons. The first-order chi connectivity index (χ1) is 22.1. The lowest BCUT2D eigenvalue weighted by atomic mass is 9.82. The molecule has 8 rings (SSSR count). The van der Waals surface area contributed by atoms with Crippen molar-refractivity contribution in [1.29, 1.82) is 0 Å². The molecule has 4 heteroatoms. The monoisotopic (exact) mass is 578 g/mol. The second-order valence-electron chi connectivity index (χ2n) is 12.0. The number of pyridine rings is 1. The van der Waals surface area contributed by atoms with Crippen molar-refractivity contribution in [3.05, 3.63) is 157 Å². The number of nitrogens with zero attached hydrogens (tertiary/aromatic N) is 4. The molecule has 0 aliphatic heterocycles. The highest BCUT2D eigenvalue weighted by Crippen LogP contribution is 2.51. The predicted molar refractivity (Wildman–Crippen MR) is 182 cm³/mol. The van der Waals surface area contributed by atoms with Crippen LogP contribution >= 0.6 is 0 Å². The molecule has 0 fully saturated rings. The fraction of sp³-hybridized carbons (Fsp3) is 0.0732. The number of benzene rings is 5. The molecule has 0 saturated carbocycles. The Morgan fingerprint density at radius 1 is 0.400 bits per heavy atom. The van der Waals surface area contributed by atoms with Gasteiger partial charge in [-0.3, -0.25) is 4.98 Å². The van der Waals surface area contributed by atoms with Gasteiger partial charge in [-0.1, -0.05) is 141 Å². The molecule has 7 aromatic rings. The van der Waals surface area contributed by atoms with Crippen LogP contribution in [0.2, 0.25) is 0 Å². The lowest BCUT2D eigenvalue weighted by Gasteiger charge is -2.21. The minimum absolute atomic E-state index is 0.115. The molecule has 214 valence electrons. The van der Waals surface area contributed by atoms with Crippen LogP contribution in [0.3, 0.4) is 0 Å². The Kier molecular flexibility index (Phi) is 6.42. The molecule has 1 aliphatic carbocycles. The zero-order valence-corrected chi connectivity index (χ0v) is 25.1. The van der Waals surface area contributed by atoms with E-state index < -0.39 is 0 Å². The van der Waals surface area contributed by atoms with Gasteiger partial charge in [0.25, 0.3) is 0 Å². The largest absolute Gasteiger partial charge is 0.264 e. The van der Waals surface area contributed by atoms with E-state index in [4.69, 9.17) is 15.0 Å². The van der Waals surface area contributed by atoms with Gasteiger partial charge in [-0.05, 0) is 50.6 Å². The van der Waals surface area contributed by atoms with Crippen LogP contribution in [0.1, 0.15) is 25.0 Å². The summed E-state index contributed by atoms with van der Waals surface area (Å²) < 4.78 is 0. The van der Waals surface area contributed by atoms with E-state index in [9.17, 15) is 0 Å². The maximum atomic E-state index is 5.13. The fourth-order valence-corrected chi connectivity index (χ4v) is 6.48. The van der Waals surface area contributed by atoms with Gasteiger partial charge in [0.15, 0.2) is 17.5 Å². The topological polar surface area (TPSA) is 51.6 Å². The fourth-order valence-electron chi connectivity index (χ4n) is 6.48. The smallest absolute Gasteiger partial charge is 0.164 e. The second-order valence-corrected chi connectivity index (χ2v) is 12.0. The first-order valence-corrected chi connectivity index (χ1v) is 15.2. The van der Waals surface area contributed by atoms with E-state index in [2.05, 4.69) is 140 Å². The van der Waals surface area contributed by atoms with Gasteiger partial charge in [0, 0.05) is 34.5 Å². The summed E-state index contributed by atoms with van der Waals surface area (Å²) in [6.07, 6.45) is 3.67. The molecule has 0 atom stereocenters. The third kappa shape index (κ3) is 4.72. The summed E-state index contributed by atoms with van der Waals surface area (Å²) in [6, 6.07) is 46.5. The Balaban J connectivity index is 1.29. The summed E-state index contributed by atoms with van der Waals surface area (Å²) >= 11 is 0. The van der Waals surface area contributed by atoms with Crippen LogP contribution in [0.5, 0.6) is 0 Å². The lowest BCUT2D eigenvalue weighted by molar-refractivity contribution is 0.660. The third-order valence-electron chi connectivity index (χ3n) is 8.87. The summed E-state index contributed by atoms with van der Waals surface area (Å²) in [7, 11) is 0. The van der Waals surface area contributed by atoms with E-state index >= 15 is 0 Å². The average Bonchev–Trinajstić information content (AvgIpc) is 3.35. The Bertz CT molecular complexity index is 2050. The highest BCUT2D eigenvalue weighted by Gasteiger charge is 2.37. The van der Waals surface area contributed by atoms with Crippen LogP contribution in [0.4, 0.5) is 0 Å². The quantitative estimate of drug-likeness (QED) is 0.204. The van der Waals surface area contributed by atoms with Crippen molar-refractivity contribution in [3.63, 3.8) is 0 Å². The number of aromatic nitrogens is 4. The molecule has 45 heavy (non-hydrogen) atoms. The van der Waals surface area contributed by atoms with Crippen molar-refractivity contribution in [3.8, 4) is 67.5 Å². The van der Waals surface area contributed by atoms with E-state index in [0.29, 0.717) is 17.5 Å². The lowest BCUT2D eigenvalue weighted by Crippen LogP contribution is -2.14. The molecule has 0 unspecified atom stereocenters. The molecule has 5 aromatic carbocycles. The van der Waals surface area contributed by atoms with Crippen LogP contribution in [0.25, 0.3) is 67.5 Å². The van der Waals surface area contributed by atoms with Crippen molar-refractivity contribution < 1.29 is 0 Å². The van der Waals surface area contributed by atoms with Crippen molar-refractivity contribution in [2.45, 2.75) is 19.3 Å². The van der Waals surface area contributed by atoms with Gasteiger partial charge < -0.3 is 0 Å². The molecule has 0 N–H and O–H groups in total. The summed E-state index contributed by atoms with van der Waals surface area (Å²) in [6.45, 7) is 4.59. The zero-order chi connectivity index (χ0) is 30.4. The molecule has 1 aliphatic rings. The van der Waals surface area contributed by atoms with Gasteiger partial charge in [-0.15, -0.1) is 0 Å². The molecular weight excluding hydrogens is 548 g/mol. The standard InChI is InChI=1S/C41H30N4/c1-41(2)35-15-7-6-13-33(35)37-34(14-8-16-36(37)41)40-44-38(30-21-17-28(18-22-30)27-10-4-3-5-11-27)43-39(45-40)31-23-19-29(20-24-31)32-12-9-25-42-26-32/h3-26H,1-2H3. The van der Waals surface area contributed by atoms with Gasteiger partial charge in [0.1, 0.15) is 0 Å². The summed E-state index contributed by atoms with van der Waals surface area (Å²) in [5.74, 6) is 1.96. The second kappa shape index (κ2) is 10.8. The van der Waals surface area contributed by atoms with E-state index in [0.717, 1.165) is 33.4 Å². The molecule has 0 saturated heterocycles. The molecule has 2 heterocycles. The number of rotatable bonds is 5. The molecular formula is C41H30N4. The van der Waals surface area contributed by atoms with E-state index in [1.165, 1.54) is 27.8 Å². The summed E-state index contributed by atoms with van der Waals surface area (Å²) in [4.78, 5) is 19.6. The van der Waals surface area contributed by atoms with Gasteiger partial charge in [0.05, 0.1) is 0 Å². The van der Waals surface area contributed by atoms with Crippen LogP contribution < -0.4 is 0 Å². The van der Waals surface area contributed by atoms with Gasteiger partial charge in [0.2, 0.25) is 0 Å².